The van der Waals surface area contributed by atoms with E-state index in [9.17, 15) is 14.4 Å². The summed E-state index contributed by atoms with van der Waals surface area (Å²) in [6.45, 7) is 3.60. The third kappa shape index (κ3) is 3.13. The SMILES string of the molecule is Cc1cc(C)c(CNC(=O)Cn2cnc3sccc3c2=O)c(=O)[nH]1. The smallest absolute Gasteiger partial charge is 0.262 e. The Morgan fingerprint density at radius 3 is 2.92 bits per heavy atom. The summed E-state index contributed by atoms with van der Waals surface area (Å²) in [7, 11) is 0. The molecule has 0 aromatic carbocycles. The van der Waals surface area contributed by atoms with Gasteiger partial charge in [-0.05, 0) is 36.9 Å². The lowest BCUT2D eigenvalue weighted by atomic mass is 10.1. The van der Waals surface area contributed by atoms with Gasteiger partial charge >= 0.3 is 0 Å². The van der Waals surface area contributed by atoms with Gasteiger partial charge in [-0.1, -0.05) is 0 Å². The molecule has 0 aliphatic carbocycles. The van der Waals surface area contributed by atoms with Gasteiger partial charge in [-0.3, -0.25) is 19.0 Å². The molecule has 3 aromatic heterocycles. The van der Waals surface area contributed by atoms with Crippen molar-refractivity contribution in [3.8, 4) is 0 Å². The van der Waals surface area contributed by atoms with E-state index in [1.165, 1.54) is 22.2 Å². The summed E-state index contributed by atoms with van der Waals surface area (Å²) in [4.78, 5) is 43.8. The van der Waals surface area contributed by atoms with Crippen LogP contribution in [0.1, 0.15) is 16.8 Å². The van der Waals surface area contributed by atoms with E-state index in [2.05, 4.69) is 15.3 Å². The van der Waals surface area contributed by atoms with E-state index in [0.717, 1.165) is 11.3 Å². The third-order valence-electron chi connectivity index (χ3n) is 3.72. The van der Waals surface area contributed by atoms with Gasteiger partial charge in [0, 0.05) is 17.8 Å². The van der Waals surface area contributed by atoms with Crippen LogP contribution in [-0.2, 0) is 17.9 Å². The lowest BCUT2D eigenvalue weighted by Gasteiger charge is -2.09. The van der Waals surface area contributed by atoms with E-state index in [1.807, 2.05) is 13.0 Å². The Labute approximate surface area is 141 Å². The van der Waals surface area contributed by atoms with Gasteiger partial charge in [-0.25, -0.2) is 4.98 Å². The van der Waals surface area contributed by atoms with Crippen molar-refractivity contribution >= 4 is 27.5 Å². The predicted molar refractivity (Wildman–Crippen MR) is 92.3 cm³/mol. The van der Waals surface area contributed by atoms with Gasteiger partial charge in [0.15, 0.2) is 0 Å². The van der Waals surface area contributed by atoms with Crippen LogP contribution in [0.2, 0.25) is 0 Å². The van der Waals surface area contributed by atoms with Crippen LogP contribution in [0.15, 0.2) is 33.4 Å². The Hall–Kier alpha value is -2.74. The molecule has 0 saturated carbocycles. The van der Waals surface area contributed by atoms with Crippen LogP contribution >= 0.6 is 11.3 Å². The number of fused-ring (bicyclic) bond motifs is 1. The molecule has 1 amide bonds. The molecule has 2 N–H and O–H groups in total. The number of H-pyrrole nitrogens is 1. The molecule has 0 saturated heterocycles. The van der Waals surface area contributed by atoms with E-state index in [1.54, 1.807) is 18.4 Å². The van der Waals surface area contributed by atoms with Crippen molar-refractivity contribution in [2.75, 3.05) is 0 Å². The van der Waals surface area contributed by atoms with Gasteiger partial charge < -0.3 is 10.3 Å². The number of carbonyl (C=O) groups excluding carboxylic acids is 1. The van der Waals surface area contributed by atoms with Crippen molar-refractivity contribution in [1.82, 2.24) is 19.9 Å². The Bertz CT molecular complexity index is 1030. The van der Waals surface area contributed by atoms with E-state index >= 15 is 0 Å². The lowest BCUT2D eigenvalue weighted by molar-refractivity contribution is -0.121. The topological polar surface area (TPSA) is 96.8 Å². The number of hydrogen-bond donors (Lipinski definition) is 2. The van der Waals surface area contributed by atoms with Gasteiger partial charge in [0.1, 0.15) is 11.4 Å². The molecule has 0 fully saturated rings. The summed E-state index contributed by atoms with van der Waals surface area (Å²) in [5, 5.41) is 4.96. The van der Waals surface area contributed by atoms with Crippen molar-refractivity contribution < 1.29 is 4.79 Å². The molecular formula is C16H16N4O3S. The molecule has 124 valence electrons. The summed E-state index contributed by atoms with van der Waals surface area (Å²) in [6.07, 6.45) is 1.37. The van der Waals surface area contributed by atoms with E-state index in [0.29, 0.717) is 15.8 Å². The molecule has 3 rings (SSSR count). The van der Waals surface area contributed by atoms with Gasteiger partial charge in [-0.15, -0.1) is 11.3 Å². The fourth-order valence-electron chi connectivity index (χ4n) is 2.50. The second-order valence-corrected chi connectivity index (χ2v) is 6.43. The number of pyridine rings is 1. The molecule has 0 unspecified atom stereocenters. The average Bonchev–Trinajstić information content (AvgIpc) is 2.98. The molecule has 0 spiro atoms. The average molecular weight is 344 g/mol. The first kappa shape index (κ1) is 16.1. The maximum absolute atomic E-state index is 12.2. The number of nitrogens with one attached hydrogen (secondary N) is 2. The Morgan fingerprint density at radius 2 is 2.17 bits per heavy atom. The number of aryl methyl sites for hydroxylation is 2. The van der Waals surface area contributed by atoms with Crippen molar-refractivity contribution in [1.29, 1.82) is 0 Å². The van der Waals surface area contributed by atoms with Gasteiger partial charge in [0.25, 0.3) is 11.1 Å². The Morgan fingerprint density at radius 1 is 1.38 bits per heavy atom. The zero-order valence-electron chi connectivity index (χ0n) is 13.3. The molecule has 3 heterocycles. The first-order chi connectivity index (χ1) is 11.5. The summed E-state index contributed by atoms with van der Waals surface area (Å²) >= 11 is 1.38. The summed E-state index contributed by atoms with van der Waals surface area (Å²) in [6, 6.07) is 3.54. The zero-order valence-corrected chi connectivity index (χ0v) is 14.1. The minimum Gasteiger partial charge on any atom is -0.350 e. The number of amides is 1. The fraction of sp³-hybridized carbons (Fsp3) is 0.250. The van der Waals surface area contributed by atoms with Gasteiger partial charge in [0.05, 0.1) is 11.7 Å². The van der Waals surface area contributed by atoms with Crippen molar-refractivity contribution in [3.63, 3.8) is 0 Å². The van der Waals surface area contributed by atoms with Crippen LogP contribution < -0.4 is 16.4 Å². The second-order valence-electron chi connectivity index (χ2n) is 5.54. The highest BCUT2D eigenvalue weighted by Gasteiger charge is 2.10. The minimum atomic E-state index is -0.354. The quantitative estimate of drug-likeness (QED) is 0.740. The maximum Gasteiger partial charge on any atom is 0.262 e. The zero-order chi connectivity index (χ0) is 17.3. The Balaban J connectivity index is 1.73. The number of aromatic amines is 1. The third-order valence-corrected chi connectivity index (χ3v) is 4.54. The van der Waals surface area contributed by atoms with Crippen molar-refractivity contribution in [2.45, 2.75) is 26.9 Å². The number of aromatic nitrogens is 3. The summed E-state index contributed by atoms with van der Waals surface area (Å²) in [5.74, 6) is -0.354. The van der Waals surface area contributed by atoms with Crippen LogP contribution in [0.3, 0.4) is 0 Å². The summed E-state index contributed by atoms with van der Waals surface area (Å²) < 4.78 is 1.26. The molecular weight excluding hydrogens is 328 g/mol. The molecule has 7 nitrogen and oxygen atoms in total. The monoisotopic (exact) mass is 344 g/mol. The molecule has 3 aromatic rings. The maximum atomic E-state index is 12.2. The molecule has 0 radical (unpaired) electrons. The molecule has 8 heteroatoms. The number of nitrogens with zero attached hydrogens (tertiary/aromatic N) is 2. The first-order valence-corrected chi connectivity index (χ1v) is 8.22. The first-order valence-electron chi connectivity index (χ1n) is 7.34. The highest BCUT2D eigenvalue weighted by atomic mass is 32.1. The highest BCUT2D eigenvalue weighted by Crippen LogP contribution is 2.13. The number of rotatable bonds is 4. The second kappa shape index (κ2) is 6.40. The molecule has 0 aliphatic rings. The van der Waals surface area contributed by atoms with Crippen LogP contribution in [0.4, 0.5) is 0 Å². The highest BCUT2D eigenvalue weighted by molar-refractivity contribution is 7.16. The van der Waals surface area contributed by atoms with E-state index in [4.69, 9.17) is 0 Å². The number of carbonyl (C=O) groups is 1. The number of thiophene rings is 1. The van der Waals surface area contributed by atoms with E-state index in [-0.39, 0.29) is 30.1 Å². The largest absolute Gasteiger partial charge is 0.350 e. The molecule has 0 aliphatic heterocycles. The van der Waals surface area contributed by atoms with Crippen LogP contribution in [-0.4, -0.2) is 20.4 Å². The normalized spacial score (nSPS) is 10.9. The molecule has 0 bridgehead atoms. The van der Waals surface area contributed by atoms with Crippen LogP contribution in [0, 0.1) is 13.8 Å². The van der Waals surface area contributed by atoms with Crippen molar-refractivity contribution in [3.05, 3.63) is 61.4 Å². The van der Waals surface area contributed by atoms with Crippen LogP contribution in [0.25, 0.3) is 10.2 Å². The Kier molecular flexibility index (Phi) is 4.30. The number of hydrogen-bond acceptors (Lipinski definition) is 5. The fourth-order valence-corrected chi connectivity index (χ4v) is 3.23. The molecule has 24 heavy (non-hydrogen) atoms. The van der Waals surface area contributed by atoms with E-state index < -0.39 is 0 Å². The standard InChI is InChI=1S/C16H16N4O3S/c1-9-5-10(2)19-14(22)12(9)6-17-13(21)7-20-8-18-15-11(16(20)23)3-4-24-15/h3-5,8H,6-7H2,1-2H3,(H,17,21)(H,19,22). The van der Waals surface area contributed by atoms with Crippen molar-refractivity contribution in [2.24, 2.45) is 0 Å². The lowest BCUT2D eigenvalue weighted by Crippen LogP contribution is -2.33. The predicted octanol–water partition coefficient (Wildman–Crippen LogP) is 1.08. The summed E-state index contributed by atoms with van der Waals surface area (Å²) in [5.41, 5.74) is 1.63. The van der Waals surface area contributed by atoms with Crippen LogP contribution in [0.5, 0.6) is 0 Å². The minimum absolute atomic E-state index is 0.114. The van der Waals surface area contributed by atoms with Gasteiger partial charge in [0.2, 0.25) is 5.91 Å². The van der Waals surface area contributed by atoms with Gasteiger partial charge in [-0.2, -0.15) is 0 Å². The molecule has 0 atom stereocenters.